The predicted octanol–water partition coefficient (Wildman–Crippen LogP) is 3.09. The fraction of sp³-hybridized carbons (Fsp3) is 0.680. The maximum Gasteiger partial charge on any atom is 0.410 e. The van der Waals surface area contributed by atoms with Crippen LogP contribution >= 0.6 is 0 Å². The van der Waals surface area contributed by atoms with Crippen LogP contribution in [0.3, 0.4) is 0 Å². The SMILES string of the molecule is CC(C)(C)OC(=O)N1CCC2CNC2C1.O=C(O)N1CCC2CN(Cc3ccccc3)C2C1. The molecule has 0 aromatic heterocycles. The first-order valence-corrected chi connectivity index (χ1v) is 12.2. The van der Waals surface area contributed by atoms with E-state index in [2.05, 4.69) is 34.5 Å². The van der Waals surface area contributed by atoms with Gasteiger partial charge in [0.05, 0.1) is 0 Å². The number of rotatable bonds is 2. The number of carbonyl (C=O) groups is 2. The van der Waals surface area contributed by atoms with Crippen molar-refractivity contribution in [2.45, 2.75) is 57.8 Å². The van der Waals surface area contributed by atoms with Crippen LogP contribution in [0.1, 0.15) is 39.2 Å². The van der Waals surface area contributed by atoms with Crippen molar-refractivity contribution in [2.75, 3.05) is 39.3 Å². The first kappa shape index (κ1) is 23.8. The van der Waals surface area contributed by atoms with E-state index in [-0.39, 0.29) is 11.7 Å². The second kappa shape index (κ2) is 9.89. The first-order valence-electron chi connectivity index (χ1n) is 12.2. The van der Waals surface area contributed by atoms with Crippen molar-refractivity contribution >= 4 is 12.2 Å². The number of ether oxygens (including phenoxy) is 1. The molecule has 4 unspecified atom stereocenters. The molecule has 4 aliphatic heterocycles. The Bertz CT molecular complexity index is 827. The Morgan fingerprint density at radius 3 is 2.33 bits per heavy atom. The highest BCUT2D eigenvalue weighted by atomic mass is 16.6. The van der Waals surface area contributed by atoms with Crippen LogP contribution in [0.25, 0.3) is 0 Å². The van der Waals surface area contributed by atoms with Gasteiger partial charge in [-0.25, -0.2) is 9.59 Å². The van der Waals surface area contributed by atoms with Gasteiger partial charge in [-0.1, -0.05) is 30.3 Å². The normalized spacial score (nSPS) is 28.8. The molecular formula is C25H38N4O4. The third kappa shape index (κ3) is 5.98. The van der Waals surface area contributed by atoms with Gasteiger partial charge < -0.3 is 25.0 Å². The summed E-state index contributed by atoms with van der Waals surface area (Å²) in [6.45, 7) is 11.9. The molecule has 0 radical (unpaired) electrons. The van der Waals surface area contributed by atoms with Gasteiger partial charge in [0.2, 0.25) is 0 Å². The summed E-state index contributed by atoms with van der Waals surface area (Å²) in [4.78, 5) is 28.5. The largest absolute Gasteiger partial charge is 0.465 e. The molecule has 4 heterocycles. The van der Waals surface area contributed by atoms with Crippen LogP contribution in [0.5, 0.6) is 0 Å². The summed E-state index contributed by atoms with van der Waals surface area (Å²) in [5.41, 5.74) is 0.921. The fourth-order valence-electron chi connectivity index (χ4n) is 5.19. The van der Waals surface area contributed by atoms with Gasteiger partial charge in [0.15, 0.2) is 0 Å². The standard InChI is InChI=1S/C14H18N2O2.C11H20N2O2/c17-14(18)15-7-6-12-9-16(13(12)10-15)8-11-4-2-1-3-5-11;1-11(2,3)15-10(14)13-5-4-8-6-12-9(8)7-13/h1-5,12-13H,6-10H2,(H,17,18);8-9,12H,4-7H2,1-3H3. The summed E-state index contributed by atoms with van der Waals surface area (Å²) in [5.74, 6) is 1.48. The third-order valence-corrected chi connectivity index (χ3v) is 7.21. The van der Waals surface area contributed by atoms with Crippen LogP contribution in [-0.2, 0) is 11.3 Å². The van der Waals surface area contributed by atoms with Crippen LogP contribution in [0, 0.1) is 11.8 Å². The third-order valence-electron chi connectivity index (χ3n) is 7.21. The lowest BCUT2D eigenvalue weighted by Gasteiger charge is -2.53. The number of amides is 2. The average molecular weight is 459 g/mol. The van der Waals surface area contributed by atoms with Gasteiger partial charge in [0, 0.05) is 51.4 Å². The number of nitrogens with zero attached hydrogens (tertiary/aromatic N) is 3. The molecule has 4 atom stereocenters. The number of carbonyl (C=O) groups excluding carboxylic acids is 1. The van der Waals surface area contributed by atoms with Gasteiger partial charge in [-0.3, -0.25) is 4.90 Å². The van der Waals surface area contributed by atoms with Gasteiger partial charge in [-0.2, -0.15) is 0 Å². The minimum Gasteiger partial charge on any atom is -0.465 e. The molecule has 8 heteroatoms. The number of piperidine rings is 2. The second-order valence-electron chi connectivity index (χ2n) is 10.7. The van der Waals surface area contributed by atoms with E-state index in [1.807, 2.05) is 31.7 Å². The molecule has 4 fully saturated rings. The molecule has 2 N–H and O–H groups in total. The number of likely N-dealkylation sites (tertiary alicyclic amines) is 3. The first-order chi connectivity index (χ1) is 15.7. The molecule has 2 amide bonds. The van der Waals surface area contributed by atoms with Gasteiger partial charge >= 0.3 is 12.2 Å². The Balaban J connectivity index is 0.000000160. The Labute approximate surface area is 196 Å². The Hall–Kier alpha value is -2.32. The summed E-state index contributed by atoms with van der Waals surface area (Å²) in [7, 11) is 0. The van der Waals surface area contributed by atoms with Crippen molar-refractivity contribution < 1.29 is 19.4 Å². The zero-order chi connectivity index (χ0) is 23.6. The lowest BCUT2D eigenvalue weighted by Crippen LogP contribution is -2.64. The van der Waals surface area contributed by atoms with Crippen molar-refractivity contribution in [3.05, 3.63) is 35.9 Å². The molecule has 8 nitrogen and oxygen atoms in total. The molecule has 33 heavy (non-hydrogen) atoms. The summed E-state index contributed by atoms with van der Waals surface area (Å²) in [6.07, 6.45) is 1.17. The highest BCUT2D eigenvalue weighted by Crippen LogP contribution is 2.33. The van der Waals surface area contributed by atoms with E-state index in [1.54, 1.807) is 4.90 Å². The van der Waals surface area contributed by atoms with Gasteiger partial charge in [-0.15, -0.1) is 0 Å². The summed E-state index contributed by atoms with van der Waals surface area (Å²) in [5, 5.41) is 12.4. The van der Waals surface area contributed by atoms with E-state index >= 15 is 0 Å². The van der Waals surface area contributed by atoms with E-state index in [4.69, 9.17) is 9.84 Å². The summed E-state index contributed by atoms with van der Waals surface area (Å²) in [6, 6.07) is 11.3. The Kier molecular flexibility index (Phi) is 7.14. The number of carboxylic acid groups (broad SMARTS) is 1. The average Bonchev–Trinajstić information content (AvgIpc) is 2.73. The minimum atomic E-state index is -0.778. The van der Waals surface area contributed by atoms with Gasteiger partial charge in [-0.05, 0) is 57.6 Å². The van der Waals surface area contributed by atoms with Crippen LogP contribution in [0.2, 0.25) is 0 Å². The highest BCUT2D eigenvalue weighted by Gasteiger charge is 2.43. The van der Waals surface area contributed by atoms with Gasteiger partial charge in [0.25, 0.3) is 0 Å². The summed E-state index contributed by atoms with van der Waals surface area (Å²) >= 11 is 0. The van der Waals surface area contributed by atoms with Gasteiger partial charge in [0.1, 0.15) is 5.60 Å². The van der Waals surface area contributed by atoms with Crippen molar-refractivity contribution in [1.82, 2.24) is 20.0 Å². The van der Waals surface area contributed by atoms with Crippen molar-refractivity contribution in [3.8, 4) is 0 Å². The molecule has 0 saturated carbocycles. The summed E-state index contributed by atoms with van der Waals surface area (Å²) < 4.78 is 5.34. The lowest BCUT2D eigenvalue weighted by molar-refractivity contribution is -0.0437. The zero-order valence-electron chi connectivity index (χ0n) is 20.1. The Morgan fingerprint density at radius 1 is 1.03 bits per heavy atom. The molecule has 182 valence electrons. The van der Waals surface area contributed by atoms with Crippen molar-refractivity contribution in [3.63, 3.8) is 0 Å². The molecule has 0 bridgehead atoms. The maximum absolute atomic E-state index is 11.8. The van der Waals surface area contributed by atoms with Crippen molar-refractivity contribution in [2.24, 2.45) is 11.8 Å². The smallest absolute Gasteiger partial charge is 0.410 e. The molecule has 0 aliphatic carbocycles. The van der Waals surface area contributed by atoms with Crippen LogP contribution in [0.4, 0.5) is 9.59 Å². The molecule has 5 rings (SSSR count). The van der Waals surface area contributed by atoms with E-state index in [9.17, 15) is 9.59 Å². The lowest BCUT2D eigenvalue weighted by atomic mass is 9.82. The zero-order valence-corrected chi connectivity index (χ0v) is 20.1. The van der Waals surface area contributed by atoms with E-state index in [0.717, 1.165) is 51.5 Å². The van der Waals surface area contributed by atoms with Crippen LogP contribution < -0.4 is 5.32 Å². The minimum absolute atomic E-state index is 0.172. The van der Waals surface area contributed by atoms with Crippen molar-refractivity contribution in [1.29, 1.82) is 0 Å². The molecule has 1 aromatic carbocycles. The topological polar surface area (TPSA) is 85.3 Å². The van der Waals surface area contributed by atoms with Crippen LogP contribution in [-0.4, -0.2) is 88.9 Å². The predicted molar refractivity (Wildman–Crippen MR) is 126 cm³/mol. The monoisotopic (exact) mass is 458 g/mol. The fourth-order valence-corrected chi connectivity index (χ4v) is 5.19. The number of nitrogens with one attached hydrogen (secondary N) is 1. The highest BCUT2D eigenvalue weighted by molar-refractivity contribution is 5.68. The second-order valence-corrected chi connectivity index (χ2v) is 10.7. The molecular weight excluding hydrogens is 420 g/mol. The molecule has 1 aromatic rings. The molecule has 4 saturated heterocycles. The molecule has 4 aliphatic rings. The van der Waals surface area contributed by atoms with Crippen LogP contribution in [0.15, 0.2) is 30.3 Å². The quantitative estimate of drug-likeness (QED) is 0.709. The number of hydrogen-bond donors (Lipinski definition) is 2. The maximum atomic E-state index is 11.8. The number of fused-ring (bicyclic) bond motifs is 2. The number of benzene rings is 1. The molecule has 0 spiro atoms. The van der Waals surface area contributed by atoms with E-state index in [0.29, 0.717) is 31.1 Å². The van der Waals surface area contributed by atoms with E-state index in [1.165, 1.54) is 5.56 Å². The number of hydrogen-bond acceptors (Lipinski definition) is 5. The van der Waals surface area contributed by atoms with E-state index < -0.39 is 6.09 Å². The Morgan fingerprint density at radius 2 is 1.73 bits per heavy atom.